The Bertz CT molecular complexity index is 322. The molecule has 0 radical (unpaired) electrons. The number of ether oxygens (including phenoxy) is 1. The number of hydrogen-bond acceptors (Lipinski definition) is 1. The van der Waals surface area contributed by atoms with Crippen molar-refractivity contribution in [3.05, 3.63) is 28.8 Å². The highest BCUT2D eigenvalue weighted by Crippen LogP contribution is 2.40. The summed E-state index contributed by atoms with van der Waals surface area (Å²) in [5.74, 6) is 1.47. The maximum Gasteiger partial charge on any atom is 0.123 e. The fourth-order valence-electron chi connectivity index (χ4n) is 1.88. The molecule has 1 heterocycles. The van der Waals surface area contributed by atoms with Crippen LogP contribution in [-0.2, 0) is 0 Å². The second kappa shape index (κ2) is 3.22. The van der Waals surface area contributed by atoms with Crippen molar-refractivity contribution in [2.75, 3.05) is 0 Å². The van der Waals surface area contributed by atoms with Crippen LogP contribution in [0.5, 0.6) is 5.75 Å². The molecule has 2 atom stereocenters. The Balaban J connectivity index is 2.39. The van der Waals surface area contributed by atoms with Crippen molar-refractivity contribution in [2.24, 2.45) is 0 Å². The summed E-state index contributed by atoms with van der Waals surface area (Å²) in [6.07, 6.45) is 1.38. The van der Waals surface area contributed by atoms with E-state index in [0.29, 0.717) is 12.0 Å². The van der Waals surface area contributed by atoms with E-state index in [0.717, 1.165) is 17.2 Å². The van der Waals surface area contributed by atoms with E-state index >= 15 is 0 Å². The van der Waals surface area contributed by atoms with Gasteiger partial charge in [-0.15, -0.1) is 0 Å². The van der Waals surface area contributed by atoms with Crippen molar-refractivity contribution in [1.82, 2.24) is 0 Å². The van der Waals surface area contributed by atoms with E-state index in [1.807, 2.05) is 18.2 Å². The van der Waals surface area contributed by atoms with Crippen molar-refractivity contribution >= 4 is 11.6 Å². The number of rotatable bonds is 1. The van der Waals surface area contributed by atoms with Gasteiger partial charge in [-0.2, -0.15) is 0 Å². The molecule has 0 aliphatic carbocycles. The van der Waals surface area contributed by atoms with Gasteiger partial charge in [0.1, 0.15) is 11.9 Å². The monoisotopic (exact) mass is 196 g/mol. The van der Waals surface area contributed by atoms with Gasteiger partial charge >= 0.3 is 0 Å². The molecule has 1 aliphatic heterocycles. The first-order valence-corrected chi connectivity index (χ1v) is 5.06. The number of hydrogen-bond donors (Lipinski definition) is 0. The molecule has 0 amide bonds. The van der Waals surface area contributed by atoms with Crippen molar-refractivity contribution in [1.29, 1.82) is 0 Å². The standard InChI is InChI=1S/C11H13ClO/c1-3-10-7(2)9-6-8(12)4-5-11(9)13-10/h4-7,10H,3H2,1-2H3. The molecule has 0 saturated heterocycles. The topological polar surface area (TPSA) is 9.23 Å². The molecule has 1 aromatic carbocycles. The normalized spacial score (nSPS) is 25.5. The zero-order valence-electron chi connectivity index (χ0n) is 7.88. The fraction of sp³-hybridized carbons (Fsp3) is 0.455. The first-order valence-electron chi connectivity index (χ1n) is 4.68. The first kappa shape index (κ1) is 8.89. The van der Waals surface area contributed by atoms with Crippen LogP contribution in [0.1, 0.15) is 31.7 Å². The van der Waals surface area contributed by atoms with Crippen molar-refractivity contribution < 1.29 is 4.74 Å². The molecule has 2 heteroatoms. The van der Waals surface area contributed by atoms with Gasteiger partial charge in [-0.05, 0) is 24.6 Å². The van der Waals surface area contributed by atoms with Crippen LogP contribution in [-0.4, -0.2) is 6.10 Å². The molecule has 0 bridgehead atoms. The van der Waals surface area contributed by atoms with Crippen LogP contribution in [0.2, 0.25) is 5.02 Å². The summed E-state index contributed by atoms with van der Waals surface area (Å²) in [5.41, 5.74) is 1.25. The summed E-state index contributed by atoms with van der Waals surface area (Å²) in [6.45, 7) is 4.34. The van der Waals surface area contributed by atoms with E-state index in [4.69, 9.17) is 16.3 Å². The summed E-state index contributed by atoms with van der Waals surface area (Å²) < 4.78 is 5.76. The lowest BCUT2D eigenvalue weighted by Crippen LogP contribution is -2.14. The molecule has 70 valence electrons. The van der Waals surface area contributed by atoms with Gasteiger partial charge in [0.2, 0.25) is 0 Å². The Kier molecular flexibility index (Phi) is 2.20. The fourth-order valence-corrected chi connectivity index (χ4v) is 2.07. The van der Waals surface area contributed by atoms with Gasteiger partial charge in [0.05, 0.1) is 0 Å². The van der Waals surface area contributed by atoms with Crippen LogP contribution in [0.4, 0.5) is 0 Å². The molecule has 0 spiro atoms. The molecule has 2 unspecified atom stereocenters. The van der Waals surface area contributed by atoms with Crippen LogP contribution < -0.4 is 4.74 Å². The Morgan fingerprint density at radius 3 is 2.92 bits per heavy atom. The molecular formula is C11H13ClO. The Morgan fingerprint density at radius 2 is 2.23 bits per heavy atom. The Labute approximate surface area is 83.7 Å². The van der Waals surface area contributed by atoms with E-state index in [-0.39, 0.29) is 0 Å². The third-order valence-electron chi connectivity index (χ3n) is 2.70. The third-order valence-corrected chi connectivity index (χ3v) is 2.94. The smallest absolute Gasteiger partial charge is 0.123 e. The van der Waals surface area contributed by atoms with Crippen molar-refractivity contribution in [3.63, 3.8) is 0 Å². The average molecular weight is 197 g/mol. The average Bonchev–Trinajstić information content (AvgIpc) is 2.44. The highest BCUT2D eigenvalue weighted by molar-refractivity contribution is 6.30. The predicted octanol–water partition coefficient (Wildman–Crippen LogP) is 3.61. The van der Waals surface area contributed by atoms with Gasteiger partial charge in [0.15, 0.2) is 0 Å². The molecule has 2 rings (SSSR count). The minimum Gasteiger partial charge on any atom is -0.490 e. The van der Waals surface area contributed by atoms with Crippen LogP contribution in [0.15, 0.2) is 18.2 Å². The van der Waals surface area contributed by atoms with E-state index in [1.165, 1.54) is 5.56 Å². The minimum absolute atomic E-state index is 0.327. The molecule has 1 aromatic rings. The van der Waals surface area contributed by atoms with Crippen molar-refractivity contribution in [3.8, 4) is 5.75 Å². The zero-order chi connectivity index (χ0) is 9.42. The molecule has 0 saturated carbocycles. The number of benzene rings is 1. The summed E-state index contributed by atoms with van der Waals surface area (Å²) in [5, 5.41) is 0.797. The number of halogens is 1. The second-order valence-electron chi connectivity index (χ2n) is 3.54. The quantitative estimate of drug-likeness (QED) is 0.667. The van der Waals surface area contributed by atoms with Crippen LogP contribution >= 0.6 is 11.6 Å². The highest BCUT2D eigenvalue weighted by atomic mass is 35.5. The van der Waals surface area contributed by atoms with Crippen LogP contribution in [0.3, 0.4) is 0 Å². The molecule has 0 fully saturated rings. The van der Waals surface area contributed by atoms with Gasteiger partial charge in [0.25, 0.3) is 0 Å². The maximum atomic E-state index is 5.92. The largest absolute Gasteiger partial charge is 0.490 e. The Morgan fingerprint density at radius 1 is 1.46 bits per heavy atom. The van der Waals surface area contributed by atoms with Gasteiger partial charge in [-0.25, -0.2) is 0 Å². The van der Waals surface area contributed by atoms with Crippen molar-refractivity contribution in [2.45, 2.75) is 32.3 Å². The zero-order valence-corrected chi connectivity index (χ0v) is 8.64. The number of fused-ring (bicyclic) bond motifs is 1. The molecule has 0 aromatic heterocycles. The minimum atomic E-state index is 0.327. The summed E-state index contributed by atoms with van der Waals surface area (Å²) >= 11 is 5.92. The van der Waals surface area contributed by atoms with E-state index in [2.05, 4.69) is 13.8 Å². The molecule has 1 aliphatic rings. The van der Waals surface area contributed by atoms with E-state index in [1.54, 1.807) is 0 Å². The van der Waals surface area contributed by atoms with Crippen LogP contribution in [0, 0.1) is 0 Å². The third kappa shape index (κ3) is 1.42. The highest BCUT2D eigenvalue weighted by Gasteiger charge is 2.29. The second-order valence-corrected chi connectivity index (χ2v) is 3.97. The summed E-state index contributed by atoms with van der Waals surface area (Å²) in [6, 6.07) is 5.85. The molecular weight excluding hydrogens is 184 g/mol. The van der Waals surface area contributed by atoms with E-state index in [9.17, 15) is 0 Å². The molecule has 1 nitrogen and oxygen atoms in total. The summed E-state index contributed by atoms with van der Waals surface area (Å²) in [7, 11) is 0. The van der Waals surface area contributed by atoms with E-state index < -0.39 is 0 Å². The lowest BCUT2D eigenvalue weighted by Gasteiger charge is -2.11. The molecule has 13 heavy (non-hydrogen) atoms. The lowest BCUT2D eigenvalue weighted by atomic mass is 9.96. The van der Waals surface area contributed by atoms with Gasteiger partial charge in [-0.3, -0.25) is 0 Å². The maximum absolute atomic E-state index is 5.92. The lowest BCUT2D eigenvalue weighted by molar-refractivity contribution is 0.206. The first-order chi connectivity index (χ1) is 6.22. The van der Waals surface area contributed by atoms with Crippen LogP contribution in [0.25, 0.3) is 0 Å². The predicted molar refractivity (Wildman–Crippen MR) is 54.6 cm³/mol. The SMILES string of the molecule is CCC1Oc2ccc(Cl)cc2C1C. The molecule has 0 N–H and O–H groups in total. The summed E-state index contributed by atoms with van der Waals surface area (Å²) in [4.78, 5) is 0. The van der Waals surface area contributed by atoms with Gasteiger partial charge in [0, 0.05) is 16.5 Å². The van der Waals surface area contributed by atoms with Gasteiger partial charge < -0.3 is 4.74 Å². The Hall–Kier alpha value is -0.690. The van der Waals surface area contributed by atoms with Gasteiger partial charge in [-0.1, -0.05) is 25.4 Å².